The number of rotatable bonds is 4. The molecule has 19 heavy (non-hydrogen) atoms. The summed E-state index contributed by atoms with van der Waals surface area (Å²) >= 11 is 0. The summed E-state index contributed by atoms with van der Waals surface area (Å²) in [5.74, 6) is -0.0775. The molecule has 0 unspecified atom stereocenters. The van der Waals surface area contributed by atoms with Crippen molar-refractivity contribution in [3.8, 4) is 5.75 Å². The van der Waals surface area contributed by atoms with E-state index in [2.05, 4.69) is 0 Å². The van der Waals surface area contributed by atoms with E-state index in [0.29, 0.717) is 12.1 Å². The summed E-state index contributed by atoms with van der Waals surface area (Å²) in [7, 11) is 1.64. The van der Waals surface area contributed by atoms with Crippen LogP contribution in [0.2, 0.25) is 0 Å². The Hall–Kier alpha value is -2.23. The van der Waals surface area contributed by atoms with Gasteiger partial charge < -0.3 is 14.4 Å². The van der Waals surface area contributed by atoms with Crippen LogP contribution in [0.5, 0.6) is 5.75 Å². The molecule has 0 saturated carbocycles. The van der Waals surface area contributed by atoms with Crippen LogP contribution in [-0.2, 0) is 6.54 Å². The molecule has 0 bridgehead atoms. The fourth-order valence-electron chi connectivity index (χ4n) is 2.26. The zero-order valence-corrected chi connectivity index (χ0v) is 11.3. The largest absolute Gasteiger partial charge is 0.496 e. The normalized spacial score (nSPS) is 10.5. The van der Waals surface area contributed by atoms with E-state index >= 15 is 0 Å². The summed E-state index contributed by atoms with van der Waals surface area (Å²) in [5, 5.41) is 9.13. The molecule has 4 heteroatoms. The molecular weight excluding hydrogens is 242 g/mol. The first kappa shape index (κ1) is 13.2. The molecule has 0 aliphatic carbocycles. The van der Waals surface area contributed by atoms with Gasteiger partial charge in [0.1, 0.15) is 5.75 Å². The third-order valence-electron chi connectivity index (χ3n) is 3.33. The third-order valence-corrected chi connectivity index (χ3v) is 3.33. The number of carbonyl (C=O) groups is 1. The standard InChI is InChI=1S/C15H17NO3/c1-10-8-13(15(17)18)11(2)16(10)9-12-6-4-5-7-14(12)19-3/h4-8H,9H2,1-3H3,(H,17,18). The van der Waals surface area contributed by atoms with E-state index in [4.69, 9.17) is 9.84 Å². The van der Waals surface area contributed by atoms with Gasteiger partial charge in [0.25, 0.3) is 0 Å². The second-order valence-electron chi connectivity index (χ2n) is 4.49. The second-order valence-corrected chi connectivity index (χ2v) is 4.49. The lowest BCUT2D eigenvalue weighted by Gasteiger charge is -2.12. The minimum Gasteiger partial charge on any atom is -0.496 e. The van der Waals surface area contributed by atoms with Crippen LogP contribution in [0.1, 0.15) is 27.3 Å². The van der Waals surface area contributed by atoms with E-state index in [-0.39, 0.29) is 0 Å². The molecule has 0 aliphatic heterocycles. The number of aryl methyl sites for hydroxylation is 1. The molecule has 1 N–H and O–H groups in total. The molecule has 1 heterocycles. The highest BCUT2D eigenvalue weighted by Crippen LogP contribution is 2.22. The molecule has 0 spiro atoms. The van der Waals surface area contributed by atoms with Gasteiger partial charge in [-0.2, -0.15) is 0 Å². The monoisotopic (exact) mass is 259 g/mol. The SMILES string of the molecule is COc1ccccc1Cn1c(C)cc(C(=O)O)c1C. The summed E-state index contributed by atoms with van der Waals surface area (Å²) in [6.45, 7) is 4.34. The van der Waals surface area contributed by atoms with Crippen molar-refractivity contribution in [1.82, 2.24) is 4.57 Å². The molecule has 100 valence electrons. The van der Waals surface area contributed by atoms with Crippen molar-refractivity contribution in [2.75, 3.05) is 7.11 Å². The van der Waals surface area contributed by atoms with Crippen LogP contribution in [0.15, 0.2) is 30.3 Å². The zero-order chi connectivity index (χ0) is 14.0. The highest BCUT2D eigenvalue weighted by molar-refractivity contribution is 5.89. The van der Waals surface area contributed by atoms with Crippen molar-refractivity contribution < 1.29 is 14.6 Å². The van der Waals surface area contributed by atoms with E-state index in [1.165, 1.54) is 0 Å². The highest BCUT2D eigenvalue weighted by atomic mass is 16.5. The number of carboxylic acids is 1. The van der Waals surface area contributed by atoms with Crippen molar-refractivity contribution in [3.05, 3.63) is 52.8 Å². The van der Waals surface area contributed by atoms with Gasteiger partial charge in [-0.3, -0.25) is 0 Å². The molecule has 2 aromatic rings. The van der Waals surface area contributed by atoms with Gasteiger partial charge in [0.2, 0.25) is 0 Å². The number of para-hydroxylation sites is 1. The second kappa shape index (κ2) is 5.18. The maximum absolute atomic E-state index is 11.1. The molecule has 2 rings (SSSR count). The minimum atomic E-state index is -0.889. The Morgan fingerprint density at radius 2 is 2.00 bits per heavy atom. The lowest BCUT2D eigenvalue weighted by Crippen LogP contribution is -2.07. The average Bonchev–Trinajstić information content (AvgIpc) is 2.67. The predicted octanol–water partition coefficient (Wildman–Crippen LogP) is 2.86. The molecule has 1 aromatic heterocycles. The Balaban J connectivity index is 2.41. The van der Waals surface area contributed by atoms with E-state index < -0.39 is 5.97 Å². The van der Waals surface area contributed by atoms with Crippen LogP contribution < -0.4 is 4.74 Å². The van der Waals surface area contributed by atoms with Gasteiger partial charge >= 0.3 is 5.97 Å². The maximum atomic E-state index is 11.1. The van der Waals surface area contributed by atoms with Gasteiger partial charge in [0.15, 0.2) is 0 Å². The van der Waals surface area contributed by atoms with E-state index in [1.807, 2.05) is 42.7 Å². The fraction of sp³-hybridized carbons (Fsp3) is 0.267. The summed E-state index contributed by atoms with van der Waals surface area (Å²) in [4.78, 5) is 11.1. The Kier molecular flexibility index (Phi) is 3.60. The predicted molar refractivity (Wildman–Crippen MR) is 73.0 cm³/mol. The molecule has 0 saturated heterocycles. The van der Waals surface area contributed by atoms with Crippen LogP contribution in [0, 0.1) is 13.8 Å². The van der Waals surface area contributed by atoms with Crippen molar-refractivity contribution in [3.63, 3.8) is 0 Å². The average molecular weight is 259 g/mol. The van der Waals surface area contributed by atoms with E-state index in [1.54, 1.807) is 13.2 Å². The quantitative estimate of drug-likeness (QED) is 0.918. The van der Waals surface area contributed by atoms with E-state index in [9.17, 15) is 4.79 Å². The first-order valence-electron chi connectivity index (χ1n) is 6.06. The minimum absolute atomic E-state index is 0.354. The van der Waals surface area contributed by atoms with Crippen molar-refractivity contribution >= 4 is 5.97 Å². The van der Waals surface area contributed by atoms with Crippen LogP contribution in [0.25, 0.3) is 0 Å². The van der Waals surface area contributed by atoms with Gasteiger partial charge in [-0.1, -0.05) is 18.2 Å². The van der Waals surface area contributed by atoms with Crippen molar-refractivity contribution in [2.45, 2.75) is 20.4 Å². The molecule has 0 fully saturated rings. The summed E-state index contributed by atoms with van der Waals surface area (Å²) in [6, 6.07) is 9.46. The number of nitrogens with zero attached hydrogens (tertiary/aromatic N) is 1. The number of carboxylic acid groups (broad SMARTS) is 1. The maximum Gasteiger partial charge on any atom is 0.337 e. The molecule has 0 amide bonds. The third kappa shape index (κ3) is 2.47. The number of ether oxygens (including phenoxy) is 1. The molecule has 4 nitrogen and oxygen atoms in total. The first-order valence-corrected chi connectivity index (χ1v) is 6.06. The lowest BCUT2D eigenvalue weighted by atomic mass is 10.2. The Bertz CT molecular complexity index is 614. The smallest absolute Gasteiger partial charge is 0.337 e. The fourth-order valence-corrected chi connectivity index (χ4v) is 2.26. The Labute approximate surface area is 112 Å². The number of hydrogen-bond donors (Lipinski definition) is 1. The lowest BCUT2D eigenvalue weighted by molar-refractivity contribution is 0.0696. The molecule has 0 atom stereocenters. The highest BCUT2D eigenvalue weighted by Gasteiger charge is 2.15. The molecule has 0 aliphatic rings. The number of methoxy groups -OCH3 is 1. The van der Waals surface area contributed by atoms with Crippen molar-refractivity contribution in [2.24, 2.45) is 0 Å². The summed E-state index contributed by atoms with van der Waals surface area (Å²) in [5.41, 5.74) is 3.08. The van der Waals surface area contributed by atoms with Crippen molar-refractivity contribution in [1.29, 1.82) is 0 Å². The number of benzene rings is 1. The summed E-state index contributed by atoms with van der Waals surface area (Å²) < 4.78 is 7.31. The number of aromatic nitrogens is 1. The van der Waals surface area contributed by atoms with E-state index in [0.717, 1.165) is 22.7 Å². The van der Waals surface area contributed by atoms with Crippen LogP contribution in [0.4, 0.5) is 0 Å². The van der Waals surface area contributed by atoms with Gasteiger partial charge in [-0.15, -0.1) is 0 Å². The van der Waals surface area contributed by atoms with Crippen LogP contribution >= 0.6 is 0 Å². The van der Waals surface area contributed by atoms with Gasteiger partial charge in [0, 0.05) is 17.0 Å². The number of aromatic carboxylic acids is 1. The summed E-state index contributed by atoms with van der Waals surface area (Å²) in [6.07, 6.45) is 0. The Morgan fingerprint density at radius 1 is 1.32 bits per heavy atom. The number of hydrogen-bond acceptors (Lipinski definition) is 2. The van der Waals surface area contributed by atoms with Crippen LogP contribution in [0.3, 0.4) is 0 Å². The first-order chi connectivity index (χ1) is 9.04. The molecular formula is C15H17NO3. The topological polar surface area (TPSA) is 51.5 Å². The Morgan fingerprint density at radius 3 is 2.58 bits per heavy atom. The van der Waals surface area contributed by atoms with Gasteiger partial charge in [-0.05, 0) is 26.0 Å². The molecule has 1 aromatic carbocycles. The zero-order valence-electron chi connectivity index (χ0n) is 11.3. The van der Waals surface area contributed by atoms with Gasteiger partial charge in [-0.25, -0.2) is 4.79 Å². The molecule has 0 radical (unpaired) electrons. The van der Waals surface area contributed by atoms with Gasteiger partial charge in [0.05, 0.1) is 19.2 Å². The van der Waals surface area contributed by atoms with Crippen LogP contribution in [-0.4, -0.2) is 22.8 Å².